The predicted octanol–water partition coefficient (Wildman–Crippen LogP) is 2.34. The van der Waals surface area contributed by atoms with Gasteiger partial charge in [-0.05, 0) is 6.04 Å². The van der Waals surface area contributed by atoms with Crippen LogP contribution in [-0.2, 0) is 18.1 Å². The van der Waals surface area contributed by atoms with Crippen LogP contribution in [0, 0.1) is 0 Å². The SMILES string of the molecule is C[Si](C)(C)CCOCn1cnc(Cl)c1CO. The molecule has 0 saturated heterocycles. The van der Waals surface area contributed by atoms with Gasteiger partial charge < -0.3 is 14.4 Å². The molecule has 1 aromatic heterocycles. The van der Waals surface area contributed by atoms with Crippen molar-refractivity contribution < 1.29 is 9.84 Å². The molecule has 4 nitrogen and oxygen atoms in total. The number of aliphatic hydroxyl groups is 1. The molecule has 0 aliphatic rings. The van der Waals surface area contributed by atoms with Crippen molar-refractivity contribution in [2.24, 2.45) is 0 Å². The molecule has 16 heavy (non-hydrogen) atoms. The fourth-order valence-corrected chi connectivity index (χ4v) is 2.16. The number of nitrogens with zero attached hydrogens (tertiary/aromatic N) is 2. The molecule has 0 unspecified atom stereocenters. The highest BCUT2D eigenvalue weighted by Gasteiger charge is 2.12. The Morgan fingerprint density at radius 2 is 2.19 bits per heavy atom. The van der Waals surface area contributed by atoms with Gasteiger partial charge in [0.1, 0.15) is 6.73 Å². The molecule has 0 amide bonds. The molecule has 1 N–H and O–H groups in total. The molecule has 0 bridgehead atoms. The van der Waals surface area contributed by atoms with E-state index in [0.717, 1.165) is 12.7 Å². The van der Waals surface area contributed by atoms with Gasteiger partial charge in [-0.15, -0.1) is 0 Å². The largest absolute Gasteiger partial charge is 0.390 e. The summed E-state index contributed by atoms with van der Waals surface area (Å²) in [5.74, 6) is 0. The Labute approximate surface area is 102 Å². The van der Waals surface area contributed by atoms with Crippen LogP contribution in [0.1, 0.15) is 5.69 Å². The van der Waals surface area contributed by atoms with Crippen molar-refractivity contribution in [2.45, 2.75) is 39.0 Å². The van der Waals surface area contributed by atoms with Crippen molar-refractivity contribution in [1.82, 2.24) is 9.55 Å². The molecule has 0 atom stereocenters. The van der Waals surface area contributed by atoms with Gasteiger partial charge in [0.25, 0.3) is 0 Å². The minimum atomic E-state index is -1.04. The van der Waals surface area contributed by atoms with E-state index >= 15 is 0 Å². The summed E-state index contributed by atoms with van der Waals surface area (Å²) in [5, 5.41) is 9.42. The standard InChI is InChI=1S/C10H19ClN2O2Si/c1-16(2,3)5-4-15-8-13-7-12-10(11)9(13)6-14/h7,14H,4-6,8H2,1-3H3. The Bertz CT molecular complexity index is 336. The lowest BCUT2D eigenvalue weighted by molar-refractivity contribution is 0.0822. The average Bonchev–Trinajstić information content (AvgIpc) is 2.52. The highest BCUT2D eigenvalue weighted by molar-refractivity contribution is 6.76. The molecule has 0 saturated carbocycles. The Morgan fingerprint density at radius 1 is 1.50 bits per heavy atom. The van der Waals surface area contributed by atoms with Gasteiger partial charge in [0.2, 0.25) is 0 Å². The van der Waals surface area contributed by atoms with Crippen LogP contribution in [0.4, 0.5) is 0 Å². The van der Waals surface area contributed by atoms with Gasteiger partial charge in [0.15, 0.2) is 5.15 Å². The van der Waals surface area contributed by atoms with Gasteiger partial charge in [-0.2, -0.15) is 0 Å². The second-order valence-electron chi connectivity index (χ2n) is 4.96. The molecule has 1 aromatic rings. The quantitative estimate of drug-likeness (QED) is 0.632. The molecule has 0 fully saturated rings. The first-order chi connectivity index (χ1) is 7.44. The van der Waals surface area contributed by atoms with E-state index in [1.165, 1.54) is 0 Å². The zero-order valence-corrected chi connectivity index (χ0v) is 11.8. The number of ether oxygens (including phenoxy) is 1. The van der Waals surface area contributed by atoms with Gasteiger partial charge in [-0.25, -0.2) is 4.98 Å². The van der Waals surface area contributed by atoms with Crippen molar-refractivity contribution in [1.29, 1.82) is 0 Å². The summed E-state index contributed by atoms with van der Waals surface area (Å²) < 4.78 is 7.27. The average molecular weight is 263 g/mol. The Balaban J connectivity index is 2.37. The molecular weight excluding hydrogens is 244 g/mol. The fraction of sp³-hybridized carbons (Fsp3) is 0.700. The van der Waals surface area contributed by atoms with E-state index in [-0.39, 0.29) is 6.61 Å². The molecular formula is C10H19ClN2O2Si. The molecule has 0 aliphatic carbocycles. The van der Waals surface area contributed by atoms with Crippen LogP contribution < -0.4 is 0 Å². The Hall–Kier alpha value is -0.363. The molecule has 1 rings (SSSR count). The second-order valence-corrected chi connectivity index (χ2v) is 10.9. The Kier molecular flexibility index (Phi) is 4.98. The second kappa shape index (κ2) is 5.81. The number of imidazole rings is 1. The van der Waals surface area contributed by atoms with Gasteiger partial charge in [0, 0.05) is 14.7 Å². The molecule has 0 aliphatic heterocycles. The first kappa shape index (κ1) is 13.7. The van der Waals surface area contributed by atoms with Crippen LogP contribution in [0.3, 0.4) is 0 Å². The van der Waals surface area contributed by atoms with Gasteiger partial charge in [0.05, 0.1) is 18.6 Å². The Morgan fingerprint density at radius 3 is 2.75 bits per heavy atom. The van der Waals surface area contributed by atoms with Crippen LogP contribution in [0.15, 0.2) is 6.33 Å². The smallest absolute Gasteiger partial charge is 0.152 e. The molecule has 0 spiro atoms. The number of halogens is 1. The van der Waals surface area contributed by atoms with E-state index in [4.69, 9.17) is 21.4 Å². The fourth-order valence-electron chi connectivity index (χ4n) is 1.19. The number of aromatic nitrogens is 2. The maximum Gasteiger partial charge on any atom is 0.152 e. The summed E-state index contributed by atoms with van der Waals surface area (Å²) >= 11 is 5.79. The predicted molar refractivity (Wildman–Crippen MR) is 67.3 cm³/mol. The van der Waals surface area contributed by atoms with Crippen LogP contribution in [-0.4, -0.2) is 29.3 Å². The number of rotatable bonds is 6. The van der Waals surface area contributed by atoms with E-state index in [2.05, 4.69) is 24.6 Å². The first-order valence-electron chi connectivity index (χ1n) is 5.32. The third kappa shape index (κ3) is 4.25. The first-order valence-corrected chi connectivity index (χ1v) is 9.40. The lowest BCUT2D eigenvalue weighted by Crippen LogP contribution is -2.22. The van der Waals surface area contributed by atoms with Crippen LogP contribution >= 0.6 is 11.6 Å². The molecule has 0 aromatic carbocycles. The van der Waals surface area contributed by atoms with E-state index in [1.807, 2.05) is 0 Å². The maximum atomic E-state index is 9.08. The van der Waals surface area contributed by atoms with Crippen LogP contribution in [0.25, 0.3) is 0 Å². The molecule has 1 heterocycles. The summed E-state index contributed by atoms with van der Waals surface area (Å²) in [4.78, 5) is 3.91. The number of hydrogen-bond acceptors (Lipinski definition) is 3. The highest BCUT2D eigenvalue weighted by Crippen LogP contribution is 2.14. The minimum absolute atomic E-state index is 0.115. The highest BCUT2D eigenvalue weighted by atomic mass is 35.5. The van der Waals surface area contributed by atoms with Gasteiger partial charge in [-0.3, -0.25) is 0 Å². The van der Waals surface area contributed by atoms with Gasteiger partial charge in [-0.1, -0.05) is 31.2 Å². The number of hydrogen-bond donors (Lipinski definition) is 1. The lowest BCUT2D eigenvalue weighted by atomic mass is 10.5. The lowest BCUT2D eigenvalue weighted by Gasteiger charge is -2.15. The van der Waals surface area contributed by atoms with E-state index in [0.29, 0.717) is 17.6 Å². The van der Waals surface area contributed by atoms with Crippen molar-refractivity contribution in [2.75, 3.05) is 6.61 Å². The molecule has 0 radical (unpaired) electrons. The van der Waals surface area contributed by atoms with E-state index in [1.54, 1.807) is 10.9 Å². The molecule has 6 heteroatoms. The van der Waals surface area contributed by atoms with Crippen molar-refractivity contribution in [3.63, 3.8) is 0 Å². The van der Waals surface area contributed by atoms with Crippen molar-refractivity contribution in [3.8, 4) is 0 Å². The maximum absolute atomic E-state index is 9.08. The summed E-state index contributed by atoms with van der Waals surface area (Å²) in [6.45, 7) is 7.96. The van der Waals surface area contributed by atoms with Crippen LogP contribution in [0.5, 0.6) is 0 Å². The minimum Gasteiger partial charge on any atom is -0.390 e. The van der Waals surface area contributed by atoms with Crippen molar-refractivity contribution >= 4 is 19.7 Å². The summed E-state index contributed by atoms with van der Waals surface area (Å²) in [5.41, 5.74) is 0.606. The van der Waals surface area contributed by atoms with E-state index < -0.39 is 8.07 Å². The van der Waals surface area contributed by atoms with Crippen molar-refractivity contribution in [3.05, 3.63) is 17.2 Å². The molecule has 92 valence electrons. The van der Waals surface area contributed by atoms with Gasteiger partial charge >= 0.3 is 0 Å². The third-order valence-electron chi connectivity index (χ3n) is 2.27. The number of aliphatic hydroxyl groups excluding tert-OH is 1. The topological polar surface area (TPSA) is 47.3 Å². The van der Waals surface area contributed by atoms with E-state index in [9.17, 15) is 0 Å². The van der Waals surface area contributed by atoms with Crippen LogP contribution in [0.2, 0.25) is 30.8 Å². The zero-order chi connectivity index (χ0) is 12.2. The third-order valence-corrected chi connectivity index (χ3v) is 4.29. The normalized spacial score (nSPS) is 12.1. The summed E-state index contributed by atoms with van der Waals surface area (Å²) in [7, 11) is -1.04. The monoisotopic (exact) mass is 262 g/mol. The summed E-state index contributed by atoms with van der Waals surface area (Å²) in [6, 6.07) is 1.13. The summed E-state index contributed by atoms with van der Waals surface area (Å²) in [6.07, 6.45) is 1.59. The zero-order valence-electron chi connectivity index (χ0n) is 10.0.